The van der Waals surface area contributed by atoms with Crippen molar-refractivity contribution < 1.29 is 4.74 Å². The van der Waals surface area contributed by atoms with Crippen molar-refractivity contribution >= 4 is 28.9 Å². The monoisotopic (exact) mass is 292 g/mol. The number of pyridine rings is 1. The van der Waals surface area contributed by atoms with Crippen molar-refractivity contribution in [1.29, 1.82) is 0 Å². The molecule has 1 aliphatic carbocycles. The normalized spacial score (nSPS) is 23.1. The smallest absolute Gasteiger partial charge is 0.215 e. The lowest BCUT2D eigenvalue weighted by Crippen LogP contribution is -2.22. The minimum atomic E-state index is 0.394. The van der Waals surface area contributed by atoms with Gasteiger partial charge in [0, 0.05) is 17.4 Å². The number of fused-ring (bicyclic) bond motifs is 1. The summed E-state index contributed by atoms with van der Waals surface area (Å²) in [6.45, 7) is 0. The Morgan fingerprint density at radius 2 is 2.20 bits per heavy atom. The van der Waals surface area contributed by atoms with Crippen LogP contribution in [0, 0.1) is 0 Å². The van der Waals surface area contributed by atoms with Gasteiger partial charge in [-0.15, -0.1) is 0 Å². The van der Waals surface area contributed by atoms with Gasteiger partial charge in [0.15, 0.2) is 5.65 Å². The van der Waals surface area contributed by atoms with Gasteiger partial charge in [0.1, 0.15) is 5.52 Å². The van der Waals surface area contributed by atoms with E-state index in [1.807, 2.05) is 23.9 Å². The minimum absolute atomic E-state index is 0.394. The molecule has 20 heavy (non-hydrogen) atoms. The first kappa shape index (κ1) is 13.5. The van der Waals surface area contributed by atoms with E-state index in [4.69, 9.17) is 10.5 Å². The van der Waals surface area contributed by atoms with Crippen LogP contribution >= 0.6 is 11.8 Å². The third-order valence-electron chi connectivity index (χ3n) is 4.05. The number of aromatic nitrogens is 3. The van der Waals surface area contributed by atoms with Crippen molar-refractivity contribution in [2.45, 2.75) is 37.0 Å². The van der Waals surface area contributed by atoms with Gasteiger partial charge in [0.25, 0.3) is 0 Å². The van der Waals surface area contributed by atoms with Crippen LogP contribution in [0.1, 0.15) is 31.7 Å². The van der Waals surface area contributed by atoms with Gasteiger partial charge in [-0.3, -0.25) is 4.57 Å². The Labute approximate surface area is 122 Å². The Morgan fingerprint density at radius 1 is 1.35 bits per heavy atom. The molecule has 3 rings (SSSR count). The van der Waals surface area contributed by atoms with Crippen LogP contribution < -0.4 is 10.5 Å². The molecule has 1 aliphatic rings. The molecule has 0 amide bonds. The van der Waals surface area contributed by atoms with E-state index in [0.717, 1.165) is 24.0 Å². The van der Waals surface area contributed by atoms with E-state index in [2.05, 4.69) is 20.8 Å². The lowest BCUT2D eigenvalue weighted by Gasteiger charge is -2.29. The largest absolute Gasteiger partial charge is 0.481 e. The van der Waals surface area contributed by atoms with E-state index in [1.54, 1.807) is 7.11 Å². The fourth-order valence-electron chi connectivity index (χ4n) is 3.02. The number of thioether (sulfide) groups is 1. The number of hydrogen-bond donors (Lipinski definition) is 1. The third kappa shape index (κ3) is 2.32. The van der Waals surface area contributed by atoms with Crippen molar-refractivity contribution in [3.8, 4) is 5.88 Å². The van der Waals surface area contributed by atoms with Crippen LogP contribution in [0.5, 0.6) is 5.88 Å². The number of imidazole rings is 1. The highest BCUT2D eigenvalue weighted by atomic mass is 32.2. The molecule has 108 valence electrons. The van der Waals surface area contributed by atoms with Gasteiger partial charge < -0.3 is 10.5 Å². The van der Waals surface area contributed by atoms with Crippen LogP contribution in [-0.2, 0) is 0 Å². The van der Waals surface area contributed by atoms with E-state index in [9.17, 15) is 0 Å². The van der Waals surface area contributed by atoms with Gasteiger partial charge in [-0.25, -0.2) is 4.98 Å². The zero-order valence-electron chi connectivity index (χ0n) is 11.9. The molecule has 0 saturated heterocycles. The average Bonchev–Trinajstić information content (AvgIpc) is 2.82. The van der Waals surface area contributed by atoms with Crippen molar-refractivity contribution in [1.82, 2.24) is 14.5 Å². The first-order valence-corrected chi connectivity index (χ1v) is 8.23. The van der Waals surface area contributed by atoms with E-state index < -0.39 is 0 Å². The molecule has 2 aromatic rings. The number of ether oxygens (including phenoxy) is 1. The molecule has 2 unspecified atom stereocenters. The second-order valence-electron chi connectivity index (χ2n) is 5.21. The number of nitrogens with zero attached hydrogens (tertiary/aromatic N) is 3. The quantitative estimate of drug-likeness (QED) is 0.942. The van der Waals surface area contributed by atoms with Gasteiger partial charge in [0.05, 0.1) is 7.11 Å². The maximum absolute atomic E-state index is 6.13. The second-order valence-corrected chi connectivity index (χ2v) is 6.35. The molecule has 1 fully saturated rings. The number of anilines is 1. The molecular formula is C14H20N4OS. The lowest BCUT2D eigenvalue weighted by molar-refractivity contribution is 0.367. The molecular weight excluding hydrogens is 272 g/mol. The van der Waals surface area contributed by atoms with Crippen molar-refractivity contribution in [2.24, 2.45) is 0 Å². The van der Waals surface area contributed by atoms with Crippen LogP contribution in [0.25, 0.3) is 11.2 Å². The lowest BCUT2D eigenvalue weighted by atomic mass is 9.95. The summed E-state index contributed by atoms with van der Waals surface area (Å²) in [5.41, 5.74) is 7.81. The van der Waals surface area contributed by atoms with Crippen molar-refractivity contribution in [2.75, 3.05) is 19.1 Å². The van der Waals surface area contributed by atoms with E-state index in [0.29, 0.717) is 23.1 Å². The topological polar surface area (TPSA) is 66.0 Å². The molecule has 5 nitrogen and oxygen atoms in total. The van der Waals surface area contributed by atoms with Gasteiger partial charge in [-0.05, 0) is 31.6 Å². The number of methoxy groups -OCH3 is 1. The highest BCUT2D eigenvalue weighted by Gasteiger charge is 2.26. The Morgan fingerprint density at radius 3 is 2.95 bits per heavy atom. The standard InChI is InChI=1S/C14H20N4OS/c1-19-12-7-6-11-13(17-12)18(14(15)16-11)9-4-3-5-10(8-9)20-2/h6-7,9-10H,3-5,8H2,1-2H3,(H2,15,16). The van der Waals surface area contributed by atoms with Crippen molar-refractivity contribution in [3.63, 3.8) is 0 Å². The number of rotatable bonds is 3. The van der Waals surface area contributed by atoms with Gasteiger partial charge in [0.2, 0.25) is 11.8 Å². The van der Waals surface area contributed by atoms with Crippen LogP contribution in [0.4, 0.5) is 5.95 Å². The molecule has 2 aromatic heterocycles. The average molecular weight is 292 g/mol. The first-order valence-electron chi connectivity index (χ1n) is 6.94. The fourth-order valence-corrected chi connectivity index (χ4v) is 3.83. The summed E-state index contributed by atoms with van der Waals surface area (Å²) in [5.74, 6) is 1.17. The maximum atomic E-state index is 6.13. The van der Waals surface area contributed by atoms with Crippen LogP contribution in [0.2, 0.25) is 0 Å². The predicted octanol–water partition coefficient (Wildman–Crippen LogP) is 2.87. The number of nitrogen functional groups attached to an aromatic ring is 1. The summed E-state index contributed by atoms with van der Waals surface area (Å²) in [6.07, 6.45) is 6.99. The molecule has 2 atom stereocenters. The SMILES string of the molecule is COc1ccc2nc(N)n(C3CCCC(SC)C3)c2n1. The molecule has 1 saturated carbocycles. The summed E-state index contributed by atoms with van der Waals surface area (Å²) >= 11 is 1.95. The van der Waals surface area contributed by atoms with Crippen molar-refractivity contribution in [3.05, 3.63) is 12.1 Å². The fraction of sp³-hybridized carbons (Fsp3) is 0.571. The molecule has 0 spiro atoms. The van der Waals surface area contributed by atoms with Crippen LogP contribution in [0.3, 0.4) is 0 Å². The van der Waals surface area contributed by atoms with Crippen LogP contribution in [0.15, 0.2) is 12.1 Å². The van der Waals surface area contributed by atoms with Gasteiger partial charge in [-0.2, -0.15) is 16.7 Å². The summed E-state index contributed by atoms with van der Waals surface area (Å²) in [6, 6.07) is 4.14. The third-order valence-corrected chi connectivity index (χ3v) is 5.14. The highest BCUT2D eigenvalue weighted by molar-refractivity contribution is 7.99. The Balaban J connectivity index is 2.03. The summed E-state index contributed by atoms with van der Waals surface area (Å²) in [4.78, 5) is 8.96. The molecule has 2 heterocycles. The Kier molecular flexibility index (Phi) is 3.74. The maximum Gasteiger partial charge on any atom is 0.215 e. The summed E-state index contributed by atoms with van der Waals surface area (Å²) < 4.78 is 7.32. The Hall–Kier alpha value is -1.43. The van der Waals surface area contributed by atoms with E-state index >= 15 is 0 Å². The number of nitrogens with two attached hydrogens (primary N) is 1. The van der Waals surface area contributed by atoms with Gasteiger partial charge in [-0.1, -0.05) is 6.42 Å². The minimum Gasteiger partial charge on any atom is -0.481 e. The molecule has 0 radical (unpaired) electrons. The summed E-state index contributed by atoms with van der Waals surface area (Å²) in [5, 5.41) is 0.705. The first-order chi connectivity index (χ1) is 9.72. The Bertz CT molecular complexity index is 612. The zero-order chi connectivity index (χ0) is 14.1. The van der Waals surface area contributed by atoms with E-state index in [-0.39, 0.29) is 0 Å². The summed E-state index contributed by atoms with van der Waals surface area (Å²) in [7, 11) is 1.63. The zero-order valence-corrected chi connectivity index (χ0v) is 12.7. The molecule has 0 aromatic carbocycles. The highest BCUT2D eigenvalue weighted by Crippen LogP contribution is 2.37. The van der Waals surface area contributed by atoms with Gasteiger partial charge >= 0.3 is 0 Å². The molecule has 6 heteroatoms. The second kappa shape index (κ2) is 5.52. The predicted molar refractivity (Wildman–Crippen MR) is 83.3 cm³/mol. The number of hydrogen-bond acceptors (Lipinski definition) is 5. The van der Waals surface area contributed by atoms with E-state index in [1.165, 1.54) is 12.8 Å². The molecule has 2 N–H and O–H groups in total. The molecule has 0 aliphatic heterocycles. The molecule has 0 bridgehead atoms. The van der Waals surface area contributed by atoms with Crippen LogP contribution in [-0.4, -0.2) is 33.2 Å².